The first-order chi connectivity index (χ1) is 10.3. The summed E-state index contributed by atoms with van der Waals surface area (Å²) in [6.45, 7) is -1.34. The molecule has 1 aromatic heterocycles. The van der Waals surface area contributed by atoms with Crippen LogP contribution >= 0.6 is 23.1 Å². The first-order valence-electron chi connectivity index (χ1n) is 6.03. The molecule has 0 amide bonds. The third-order valence-electron chi connectivity index (χ3n) is 2.14. The molecule has 1 aromatic rings. The van der Waals surface area contributed by atoms with Crippen molar-refractivity contribution in [2.45, 2.75) is 18.3 Å². The lowest BCUT2D eigenvalue weighted by molar-refractivity contribution is -0.140. The van der Waals surface area contributed by atoms with Gasteiger partial charge in [0.1, 0.15) is 6.54 Å². The molecule has 0 saturated carbocycles. The second-order valence-electron chi connectivity index (χ2n) is 3.96. The van der Waals surface area contributed by atoms with Gasteiger partial charge in [0, 0.05) is 16.9 Å². The molecule has 0 unspecified atom stereocenters. The summed E-state index contributed by atoms with van der Waals surface area (Å²) in [7, 11) is 1.33. The molecule has 0 radical (unpaired) electrons. The Morgan fingerprint density at radius 1 is 1.59 bits per heavy atom. The maximum atomic E-state index is 12.0. The fourth-order valence-electron chi connectivity index (χ4n) is 1.19. The maximum absolute atomic E-state index is 12.0. The number of carbonyl (C=O) groups excluding carboxylic acids is 1. The number of aliphatic imine (C=N–C) groups is 1. The van der Waals surface area contributed by atoms with Crippen molar-refractivity contribution in [1.29, 1.82) is 0 Å². The van der Waals surface area contributed by atoms with Gasteiger partial charge in [-0.1, -0.05) is 0 Å². The van der Waals surface area contributed by atoms with Crippen molar-refractivity contribution in [2.24, 2.45) is 10.7 Å². The van der Waals surface area contributed by atoms with E-state index in [2.05, 4.69) is 20.0 Å². The molecule has 0 bridgehead atoms. The Labute approximate surface area is 133 Å². The van der Waals surface area contributed by atoms with Gasteiger partial charge in [-0.3, -0.25) is 4.79 Å². The summed E-state index contributed by atoms with van der Waals surface area (Å²) in [6.07, 6.45) is -4.08. The van der Waals surface area contributed by atoms with Gasteiger partial charge in [0.2, 0.25) is 0 Å². The molecule has 0 saturated heterocycles. The topological polar surface area (TPSA) is 89.6 Å². The predicted molar refractivity (Wildman–Crippen MR) is 81.1 cm³/mol. The van der Waals surface area contributed by atoms with Gasteiger partial charge in [-0.2, -0.15) is 24.9 Å². The standard InChI is InChI=1S/C11H15F3N4O2S2/c1-20-8(19)2-3-21-4-7-5-22-10(17-7)18-9(15)16-6-11(12,13)14/h5H,2-4,6H2,1H3,(H3,15,16,17,18). The smallest absolute Gasteiger partial charge is 0.408 e. The molecule has 1 rings (SSSR count). The van der Waals surface area contributed by atoms with Crippen LogP contribution in [-0.4, -0.2) is 42.5 Å². The number of carbonyl (C=O) groups is 1. The average molecular weight is 356 g/mol. The first-order valence-corrected chi connectivity index (χ1v) is 8.06. The molecule has 0 aliphatic heterocycles. The summed E-state index contributed by atoms with van der Waals surface area (Å²) in [6, 6.07) is 0. The van der Waals surface area contributed by atoms with E-state index in [4.69, 9.17) is 5.73 Å². The molecule has 6 nitrogen and oxygen atoms in total. The number of hydrogen-bond donors (Lipinski definition) is 2. The average Bonchev–Trinajstić information content (AvgIpc) is 2.88. The van der Waals surface area contributed by atoms with E-state index < -0.39 is 12.7 Å². The normalized spacial score (nSPS) is 12.3. The summed E-state index contributed by atoms with van der Waals surface area (Å²) < 4.78 is 40.4. The van der Waals surface area contributed by atoms with E-state index in [0.29, 0.717) is 23.1 Å². The van der Waals surface area contributed by atoms with Crippen LogP contribution in [0.5, 0.6) is 0 Å². The molecule has 0 fully saturated rings. The molecule has 22 heavy (non-hydrogen) atoms. The zero-order chi connectivity index (χ0) is 16.6. The third kappa shape index (κ3) is 8.08. The third-order valence-corrected chi connectivity index (χ3v) is 3.94. The Morgan fingerprint density at radius 2 is 2.32 bits per heavy atom. The van der Waals surface area contributed by atoms with Crippen molar-refractivity contribution in [2.75, 3.05) is 24.7 Å². The number of thiazole rings is 1. The summed E-state index contributed by atoms with van der Waals surface area (Å²) in [5.41, 5.74) is 6.08. The van der Waals surface area contributed by atoms with Crippen molar-refractivity contribution in [3.8, 4) is 0 Å². The Bertz CT molecular complexity index is 520. The lowest BCUT2D eigenvalue weighted by Gasteiger charge is -2.04. The Hall–Kier alpha value is -1.49. The van der Waals surface area contributed by atoms with Crippen LogP contribution in [0.4, 0.5) is 18.3 Å². The number of halogens is 3. The largest absolute Gasteiger partial charge is 0.469 e. The minimum Gasteiger partial charge on any atom is -0.469 e. The van der Waals surface area contributed by atoms with E-state index in [1.807, 2.05) is 0 Å². The van der Waals surface area contributed by atoms with Gasteiger partial charge in [-0.25, -0.2) is 9.98 Å². The van der Waals surface area contributed by atoms with Crippen molar-refractivity contribution in [3.63, 3.8) is 0 Å². The van der Waals surface area contributed by atoms with Crippen molar-refractivity contribution < 1.29 is 22.7 Å². The first kappa shape index (κ1) is 18.6. The van der Waals surface area contributed by atoms with E-state index in [1.54, 1.807) is 5.38 Å². The quantitative estimate of drug-likeness (QED) is 0.337. The number of esters is 1. The van der Waals surface area contributed by atoms with Crippen LogP contribution in [-0.2, 0) is 15.3 Å². The van der Waals surface area contributed by atoms with Gasteiger partial charge in [0.05, 0.1) is 19.2 Å². The Morgan fingerprint density at radius 3 is 2.95 bits per heavy atom. The number of thioether (sulfide) groups is 1. The van der Waals surface area contributed by atoms with Gasteiger partial charge in [-0.15, -0.1) is 11.3 Å². The van der Waals surface area contributed by atoms with Crippen LogP contribution in [0.25, 0.3) is 0 Å². The molecule has 0 aromatic carbocycles. The molecular formula is C11H15F3N4O2S2. The van der Waals surface area contributed by atoms with Gasteiger partial charge in [0.15, 0.2) is 11.1 Å². The summed E-state index contributed by atoms with van der Waals surface area (Å²) in [4.78, 5) is 18.2. The Kier molecular flexibility index (Phi) is 7.45. The highest BCUT2D eigenvalue weighted by Crippen LogP contribution is 2.20. The molecule has 1 heterocycles. The molecule has 3 N–H and O–H groups in total. The number of hydrogen-bond acceptors (Lipinski definition) is 6. The highest BCUT2D eigenvalue weighted by atomic mass is 32.2. The Balaban J connectivity index is 2.36. The molecule has 124 valence electrons. The number of ether oxygens (including phenoxy) is 1. The van der Waals surface area contributed by atoms with Gasteiger partial charge >= 0.3 is 12.1 Å². The molecule has 0 aliphatic rings. The van der Waals surface area contributed by atoms with Crippen LogP contribution < -0.4 is 11.1 Å². The van der Waals surface area contributed by atoms with E-state index in [-0.39, 0.29) is 11.9 Å². The van der Waals surface area contributed by atoms with Crippen molar-refractivity contribution in [1.82, 2.24) is 4.98 Å². The number of anilines is 1. The second kappa shape index (κ2) is 8.83. The monoisotopic (exact) mass is 356 g/mol. The van der Waals surface area contributed by atoms with Crippen LogP contribution in [0.3, 0.4) is 0 Å². The molecule has 0 atom stereocenters. The highest BCUT2D eigenvalue weighted by molar-refractivity contribution is 7.98. The van der Waals surface area contributed by atoms with Crippen molar-refractivity contribution in [3.05, 3.63) is 11.1 Å². The van der Waals surface area contributed by atoms with Crippen LogP contribution in [0.2, 0.25) is 0 Å². The SMILES string of the molecule is COC(=O)CCSCc1csc(NC(N)=NCC(F)(F)F)n1. The number of guanidine groups is 1. The van der Waals surface area contributed by atoms with E-state index in [0.717, 1.165) is 5.69 Å². The number of aromatic nitrogens is 1. The number of rotatable bonds is 7. The van der Waals surface area contributed by atoms with Crippen LogP contribution in [0.15, 0.2) is 10.4 Å². The number of nitrogens with two attached hydrogens (primary N) is 1. The maximum Gasteiger partial charge on any atom is 0.408 e. The van der Waals surface area contributed by atoms with Crippen molar-refractivity contribution >= 4 is 40.2 Å². The zero-order valence-electron chi connectivity index (χ0n) is 11.6. The lowest BCUT2D eigenvalue weighted by Crippen LogP contribution is -2.25. The van der Waals surface area contributed by atoms with E-state index >= 15 is 0 Å². The second-order valence-corrected chi connectivity index (χ2v) is 5.93. The number of nitrogens with one attached hydrogen (secondary N) is 1. The zero-order valence-corrected chi connectivity index (χ0v) is 13.3. The molecule has 0 spiro atoms. The highest BCUT2D eigenvalue weighted by Gasteiger charge is 2.26. The summed E-state index contributed by atoms with van der Waals surface area (Å²) in [5.74, 6) is 0.565. The molecule has 11 heteroatoms. The predicted octanol–water partition coefficient (Wildman–Crippen LogP) is 2.23. The minimum absolute atomic E-state index is 0.276. The molecule has 0 aliphatic carbocycles. The van der Waals surface area contributed by atoms with Crippen LogP contribution in [0, 0.1) is 0 Å². The van der Waals surface area contributed by atoms with Gasteiger partial charge in [-0.05, 0) is 0 Å². The number of nitrogens with zero attached hydrogens (tertiary/aromatic N) is 2. The van der Waals surface area contributed by atoms with E-state index in [1.165, 1.54) is 30.2 Å². The van der Waals surface area contributed by atoms with Crippen LogP contribution in [0.1, 0.15) is 12.1 Å². The number of methoxy groups -OCH3 is 1. The fourth-order valence-corrected chi connectivity index (χ4v) is 2.82. The van der Waals surface area contributed by atoms with Gasteiger partial charge in [0.25, 0.3) is 0 Å². The lowest BCUT2D eigenvalue weighted by atomic mass is 10.5. The molecular weight excluding hydrogens is 341 g/mol. The number of alkyl halides is 3. The van der Waals surface area contributed by atoms with E-state index in [9.17, 15) is 18.0 Å². The summed E-state index contributed by atoms with van der Waals surface area (Å²) in [5, 5.41) is 4.63. The minimum atomic E-state index is -4.39. The fraction of sp³-hybridized carbons (Fsp3) is 0.545. The van der Waals surface area contributed by atoms with Gasteiger partial charge < -0.3 is 15.8 Å². The summed E-state index contributed by atoms with van der Waals surface area (Å²) >= 11 is 2.71.